The Bertz CT molecular complexity index is 837. The molecule has 28 heavy (non-hydrogen) atoms. The van der Waals surface area contributed by atoms with E-state index in [1.165, 1.54) is 10.9 Å². The molecule has 1 aliphatic carbocycles. The maximum Gasteiger partial charge on any atom is 0.246 e. The molecule has 4 rings (SSSR count). The SMILES string of the molecule is COCC(=O)N[C@@H]1CC[C@@]2(OC)CCN(Cc3ccnc4ccccc34)[C@H]2C1. The molecule has 1 N–H and O–H groups in total. The predicted molar refractivity (Wildman–Crippen MR) is 108 cm³/mol. The van der Waals surface area contributed by atoms with Gasteiger partial charge in [-0.15, -0.1) is 0 Å². The number of hydrogen-bond donors (Lipinski definition) is 1. The highest BCUT2D eigenvalue weighted by atomic mass is 16.5. The average Bonchev–Trinajstić information content (AvgIpc) is 3.07. The van der Waals surface area contributed by atoms with Crippen LogP contribution in [-0.2, 0) is 20.8 Å². The van der Waals surface area contributed by atoms with Crippen LogP contribution in [0.1, 0.15) is 31.2 Å². The molecule has 1 saturated carbocycles. The molecule has 150 valence electrons. The van der Waals surface area contributed by atoms with Gasteiger partial charge in [0, 0.05) is 51.0 Å². The lowest BCUT2D eigenvalue weighted by molar-refractivity contribution is -0.127. The van der Waals surface area contributed by atoms with Crippen molar-refractivity contribution < 1.29 is 14.3 Å². The molecule has 2 heterocycles. The maximum atomic E-state index is 12.0. The summed E-state index contributed by atoms with van der Waals surface area (Å²) < 4.78 is 11.0. The maximum absolute atomic E-state index is 12.0. The van der Waals surface area contributed by atoms with Crippen molar-refractivity contribution in [1.29, 1.82) is 0 Å². The quantitative estimate of drug-likeness (QED) is 0.830. The number of hydrogen-bond acceptors (Lipinski definition) is 5. The Labute approximate surface area is 166 Å². The highest BCUT2D eigenvalue weighted by molar-refractivity contribution is 5.81. The van der Waals surface area contributed by atoms with Gasteiger partial charge < -0.3 is 14.8 Å². The molecule has 0 radical (unpaired) electrons. The van der Waals surface area contributed by atoms with E-state index in [1.54, 1.807) is 7.11 Å². The van der Waals surface area contributed by atoms with Gasteiger partial charge in [-0.05, 0) is 43.4 Å². The summed E-state index contributed by atoms with van der Waals surface area (Å²) in [5.41, 5.74) is 2.22. The monoisotopic (exact) mass is 383 g/mol. The van der Waals surface area contributed by atoms with Crippen LogP contribution in [-0.4, -0.2) is 60.8 Å². The lowest BCUT2D eigenvalue weighted by Crippen LogP contribution is -2.54. The number of nitrogens with one attached hydrogen (secondary N) is 1. The molecule has 1 aromatic carbocycles. The van der Waals surface area contributed by atoms with Gasteiger partial charge in [0.25, 0.3) is 0 Å². The number of aromatic nitrogens is 1. The second-order valence-corrected chi connectivity index (χ2v) is 7.96. The zero-order valence-corrected chi connectivity index (χ0v) is 16.7. The Morgan fingerprint density at radius 1 is 1.29 bits per heavy atom. The van der Waals surface area contributed by atoms with Crippen LogP contribution in [0.5, 0.6) is 0 Å². The van der Waals surface area contributed by atoms with Crippen molar-refractivity contribution >= 4 is 16.8 Å². The second kappa shape index (κ2) is 8.15. The summed E-state index contributed by atoms with van der Waals surface area (Å²) in [6, 6.07) is 10.9. The Morgan fingerprint density at radius 2 is 2.14 bits per heavy atom. The highest BCUT2D eigenvalue weighted by Gasteiger charge is 2.51. The van der Waals surface area contributed by atoms with Gasteiger partial charge in [0.1, 0.15) is 6.61 Å². The first kappa shape index (κ1) is 19.3. The Morgan fingerprint density at radius 3 is 2.96 bits per heavy atom. The fourth-order valence-electron chi connectivity index (χ4n) is 5.02. The molecule has 1 aromatic heterocycles. The number of pyridine rings is 1. The van der Waals surface area contributed by atoms with Crippen LogP contribution in [0, 0.1) is 0 Å². The third-order valence-corrected chi connectivity index (χ3v) is 6.45. The lowest BCUT2D eigenvalue weighted by atomic mass is 9.78. The number of nitrogens with zero attached hydrogens (tertiary/aromatic N) is 2. The molecule has 6 heteroatoms. The Hall–Kier alpha value is -2.02. The third-order valence-electron chi connectivity index (χ3n) is 6.45. The van der Waals surface area contributed by atoms with Crippen molar-refractivity contribution in [1.82, 2.24) is 15.2 Å². The van der Waals surface area contributed by atoms with Crippen LogP contribution in [0.4, 0.5) is 0 Å². The van der Waals surface area contributed by atoms with Gasteiger partial charge in [-0.2, -0.15) is 0 Å². The number of ether oxygens (including phenoxy) is 2. The number of likely N-dealkylation sites (tertiary alicyclic amines) is 1. The number of benzene rings is 1. The van der Waals surface area contributed by atoms with Gasteiger partial charge >= 0.3 is 0 Å². The standard InChI is InChI=1S/C22H29N3O3/c1-27-15-21(26)24-17-7-9-22(28-2)10-12-25(20(22)13-17)14-16-8-11-23-19-6-4-3-5-18(16)19/h3-6,8,11,17,20H,7,9-10,12-15H2,1-2H3,(H,24,26)/t17-,20+,22-/m1/s1. The molecule has 2 fully saturated rings. The number of amides is 1. The number of carbonyl (C=O) groups is 1. The molecule has 0 unspecified atom stereocenters. The van der Waals surface area contributed by atoms with Crippen molar-refractivity contribution in [2.75, 3.05) is 27.4 Å². The Kier molecular flexibility index (Phi) is 5.62. The first-order chi connectivity index (χ1) is 13.6. The van der Waals surface area contributed by atoms with Crippen LogP contribution < -0.4 is 5.32 Å². The van der Waals surface area contributed by atoms with Gasteiger partial charge in [0.15, 0.2) is 0 Å². The van der Waals surface area contributed by atoms with Crippen LogP contribution in [0.25, 0.3) is 10.9 Å². The van der Waals surface area contributed by atoms with Gasteiger partial charge in [0.2, 0.25) is 5.91 Å². The smallest absolute Gasteiger partial charge is 0.246 e. The highest BCUT2D eigenvalue weighted by Crippen LogP contribution is 2.43. The molecule has 6 nitrogen and oxygen atoms in total. The zero-order valence-electron chi connectivity index (χ0n) is 16.7. The lowest BCUT2D eigenvalue weighted by Gasteiger charge is -2.44. The minimum absolute atomic E-state index is 0.0397. The van der Waals surface area contributed by atoms with Gasteiger partial charge in [-0.1, -0.05) is 18.2 Å². The van der Waals surface area contributed by atoms with Gasteiger partial charge in [0.05, 0.1) is 11.1 Å². The van der Waals surface area contributed by atoms with E-state index in [0.29, 0.717) is 6.04 Å². The van der Waals surface area contributed by atoms with E-state index in [1.807, 2.05) is 19.4 Å². The van der Waals surface area contributed by atoms with E-state index in [2.05, 4.69) is 39.5 Å². The first-order valence-corrected chi connectivity index (χ1v) is 10.1. The minimum Gasteiger partial charge on any atom is -0.377 e. The van der Waals surface area contributed by atoms with Crippen molar-refractivity contribution in [3.05, 3.63) is 42.1 Å². The molecular formula is C22H29N3O3. The summed E-state index contributed by atoms with van der Waals surface area (Å²) in [4.78, 5) is 19.0. The molecule has 2 aliphatic rings. The molecule has 1 amide bonds. The van der Waals surface area contributed by atoms with E-state index in [9.17, 15) is 4.79 Å². The van der Waals surface area contributed by atoms with E-state index >= 15 is 0 Å². The van der Waals surface area contributed by atoms with E-state index < -0.39 is 0 Å². The first-order valence-electron chi connectivity index (χ1n) is 10.1. The summed E-state index contributed by atoms with van der Waals surface area (Å²) >= 11 is 0. The zero-order chi connectivity index (χ0) is 19.6. The molecular weight excluding hydrogens is 354 g/mol. The van der Waals surface area contributed by atoms with E-state index in [0.717, 1.165) is 44.3 Å². The van der Waals surface area contributed by atoms with Crippen LogP contribution in [0.3, 0.4) is 0 Å². The van der Waals surface area contributed by atoms with Gasteiger partial charge in [-0.3, -0.25) is 14.7 Å². The predicted octanol–water partition coefficient (Wildman–Crippen LogP) is 2.51. The normalized spacial score (nSPS) is 27.6. The molecule has 3 atom stereocenters. The number of rotatable bonds is 6. The van der Waals surface area contributed by atoms with Crippen molar-refractivity contribution in [3.8, 4) is 0 Å². The van der Waals surface area contributed by atoms with Gasteiger partial charge in [-0.25, -0.2) is 0 Å². The number of fused-ring (bicyclic) bond motifs is 2. The molecule has 0 bridgehead atoms. The fourth-order valence-corrected chi connectivity index (χ4v) is 5.02. The molecule has 1 aliphatic heterocycles. The van der Waals surface area contributed by atoms with E-state index in [4.69, 9.17) is 9.47 Å². The number of para-hydroxylation sites is 1. The van der Waals surface area contributed by atoms with Crippen LogP contribution >= 0.6 is 0 Å². The number of methoxy groups -OCH3 is 2. The average molecular weight is 383 g/mol. The largest absolute Gasteiger partial charge is 0.377 e. The third kappa shape index (κ3) is 3.64. The summed E-state index contributed by atoms with van der Waals surface area (Å²) in [5.74, 6) is -0.0397. The van der Waals surface area contributed by atoms with Crippen LogP contribution in [0.15, 0.2) is 36.5 Å². The van der Waals surface area contributed by atoms with Crippen molar-refractivity contribution in [2.45, 2.75) is 49.9 Å². The summed E-state index contributed by atoms with van der Waals surface area (Å²) in [5, 5.41) is 4.34. The van der Waals surface area contributed by atoms with Crippen molar-refractivity contribution in [2.24, 2.45) is 0 Å². The Balaban J connectivity index is 1.53. The summed E-state index contributed by atoms with van der Waals surface area (Å²) in [6.07, 6.45) is 5.76. The summed E-state index contributed by atoms with van der Waals surface area (Å²) in [6.45, 7) is 1.99. The fraction of sp³-hybridized carbons (Fsp3) is 0.545. The summed E-state index contributed by atoms with van der Waals surface area (Å²) in [7, 11) is 3.39. The second-order valence-electron chi connectivity index (χ2n) is 7.96. The topological polar surface area (TPSA) is 63.7 Å². The molecule has 1 saturated heterocycles. The van der Waals surface area contributed by atoms with Crippen LogP contribution in [0.2, 0.25) is 0 Å². The van der Waals surface area contributed by atoms with E-state index in [-0.39, 0.29) is 24.2 Å². The minimum atomic E-state index is -0.106. The van der Waals surface area contributed by atoms with Crippen molar-refractivity contribution in [3.63, 3.8) is 0 Å². The number of carbonyl (C=O) groups excluding carboxylic acids is 1. The molecule has 0 spiro atoms. The molecule has 2 aromatic rings.